The molecule has 2 N–H and O–H groups in total. The van der Waals surface area contributed by atoms with Gasteiger partial charge in [0, 0.05) is 11.5 Å². The van der Waals surface area contributed by atoms with Crippen molar-refractivity contribution in [3.8, 4) is 0 Å². The topological polar surface area (TPSA) is 35.2 Å². The lowest BCUT2D eigenvalue weighted by Gasteiger charge is -2.42. The molecular formula is C9H19NO. The minimum atomic E-state index is 0.324. The largest absolute Gasteiger partial charge is 0.380 e. The number of rotatable bonds is 4. The smallest absolute Gasteiger partial charge is 0.0545 e. The van der Waals surface area contributed by atoms with Gasteiger partial charge in [0.15, 0.2) is 0 Å². The van der Waals surface area contributed by atoms with Gasteiger partial charge in [-0.15, -0.1) is 0 Å². The molecule has 1 atom stereocenters. The lowest BCUT2D eigenvalue weighted by atomic mass is 9.76. The second-order valence-corrected chi connectivity index (χ2v) is 3.92. The van der Waals surface area contributed by atoms with Crippen molar-refractivity contribution in [3.63, 3.8) is 0 Å². The Hall–Kier alpha value is -0.0800. The molecule has 0 aliphatic carbocycles. The molecule has 0 bridgehead atoms. The van der Waals surface area contributed by atoms with Crippen molar-refractivity contribution in [2.75, 3.05) is 13.2 Å². The highest BCUT2D eigenvalue weighted by molar-refractivity contribution is 4.87. The number of nitrogens with two attached hydrogens (primary N) is 1. The highest BCUT2D eigenvalue weighted by atomic mass is 16.5. The van der Waals surface area contributed by atoms with Gasteiger partial charge in [-0.25, -0.2) is 0 Å². The number of ether oxygens (including phenoxy) is 1. The van der Waals surface area contributed by atoms with Gasteiger partial charge in [0.25, 0.3) is 0 Å². The van der Waals surface area contributed by atoms with E-state index in [1.165, 1.54) is 12.8 Å². The zero-order valence-electron chi connectivity index (χ0n) is 7.60. The molecule has 1 saturated heterocycles. The maximum Gasteiger partial charge on any atom is 0.0545 e. The third kappa shape index (κ3) is 2.17. The molecule has 1 fully saturated rings. The summed E-state index contributed by atoms with van der Waals surface area (Å²) in [6.45, 7) is 6.17. The van der Waals surface area contributed by atoms with Gasteiger partial charge in [-0.3, -0.25) is 0 Å². The standard InChI is InChI=1S/C9H19NO/c1-3-4-9(5-8(2)10)6-11-7-9/h8H,3-7,10H2,1-2H3. The SMILES string of the molecule is CCCC1(CC(C)N)COC1. The molecule has 0 radical (unpaired) electrons. The molecule has 0 amide bonds. The first-order chi connectivity index (χ1) is 5.18. The van der Waals surface area contributed by atoms with Gasteiger partial charge in [-0.1, -0.05) is 13.3 Å². The Morgan fingerprint density at radius 3 is 2.45 bits per heavy atom. The highest BCUT2D eigenvalue weighted by Crippen LogP contribution is 2.36. The van der Waals surface area contributed by atoms with Crippen molar-refractivity contribution < 1.29 is 4.74 Å². The van der Waals surface area contributed by atoms with Crippen molar-refractivity contribution >= 4 is 0 Å². The molecule has 0 spiro atoms. The number of hydrogen-bond acceptors (Lipinski definition) is 2. The van der Waals surface area contributed by atoms with Crippen LogP contribution in [0.3, 0.4) is 0 Å². The quantitative estimate of drug-likeness (QED) is 0.672. The van der Waals surface area contributed by atoms with Crippen LogP contribution in [0.1, 0.15) is 33.1 Å². The minimum absolute atomic E-state index is 0.324. The van der Waals surface area contributed by atoms with Crippen molar-refractivity contribution in [2.45, 2.75) is 39.2 Å². The van der Waals surface area contributed by atoms with Crippen molar-refractivity contribution in [1.82, 2.24) is 0 Å². The van der Waals surface area contributed by atoms with E-state index in [-0.39, 0.29) is 0 Å². The van der Waals surface area contributed by atoms with Crippen LogP contribution in [0.25, 0.3) is 0 Å². The van der Waals surface area contributed by atoms with E-state index in [1.54, 1.807) is 0 Å². The average molecular weight is 157 g/mol. The van der Waals surface area contributed by atoms with E-state index in [9.17, 15) is 0 Å². The lowest BCUT2D eigenvalue weighted by Crippen LogP contribution is -2.45. The lowest BCUT2D eigenvalue weighted by molar-refractivity contribution is -0.124. The normalized spacial score (nSPS) is 24.3. The Kier molecular flexibility index (Phi) is 2.90. The maximum atomic E-state index is 5.76. The molecule has 1 heterocycles. The fourth-order valence-corrected chi connectivity index (χ4v) is 1.97. The summed E-state index contributed by atoms with van der Waals surface area (Å²) in [5, 5.41) is 0. The molecule has 0 saturated carbocycles. The van der Waals surface area contributed by atoms with E-state index < -0.39 is 0 Å². The van der Waals surface area contributed by atoms with Gasteiger partial charge >= 0.3 is 0 Å². The van der Waals surface area contributed by atoms with Crippen LogP contribution < -0.4 is 5.73 Å². The summed E-state index contributed by atoms with van der Waals surface area (Å²) >= 11 is 0. The zero-order valence-corrected chi connectivity index (χ0v) is 7.60. The Labute approximate surface area is 69.1 Å². The van der Waals surface area contributed by atoms with Crippen molar-refractivity contribution in [1.29, 1.82) is 0 Å². The third-order valence-electron chi connectivity index (χ3n) is 2.35. The van der Waals surface area contributed by atoms with Crippen LogP contribution in [0.4, 0.5) is 0 Å². The maximum absolute atomic E-state index is 5.76. The molecule has 0 aromatic rings. The van der Waals surface area contributed by atoms with Gasteiger partial charge in [0.1, 0.15) is 0 Å². The van der Waals surface area contributed by atoms with Crippen LogP contribution in [0.15, 0.2) is 0 Å². The molecule has 11 heavy (non-hydrogen) atoms. The molecule has 1 aliphatic heterocycles. The first-order valence-corrected chi connectivity index (χ1v) is 4.52. The molecule has 66 valence electrons. The van der Waals surface area contributed by atoms with Crippen molar-refractivity contribution in [2.24, 2.45) is 11.1 Å². The van der Waals surface area contributed by atoms with Gasteiger partial charge in [-0.2, -0.15) is 0 Å². The molecule has 0 aromatic carbocycles. The first-order valence-electron chi connectivity index (χ1n) is 4.52. The van der Waals surface area contributed by atoms with Crippen LogP contribution >= 0.6 is 0 Å². The van der Waals surface area contributed by atoms with Gasteiger partial charge in [0.05, 0.1) is 13.2 Å². The van der Waals surface area contributed by atoms with Crippen LogP contribution in [-0.4, -0.2) is 19.3 Å². The highest BCUT2D eigenvalue weighted by Gasteiger charge is 2.37. The minimum Gasteiger partial charge on any atom is -0.380 e. The Morgan fingerprint density at radius 1 is 1.55 bits per heavy atom. The van der Waals surface area contributed by atoms with Crippen LogP contribution in [0.2, 0.25) is 0 Å². The molecule has 2 heteroatoms. The Balaban J connectivity index is 2.33. The van der Waals surface area contributed by atoms with E-state index in [0.29, 0.717) is 11.5 Å². The fraction of sp³-hybridized carbons (Fsp3) is 1.00. The summed E-state index contributed by atoms with van der Waals surface area (Å²) in [6.07, 6.45) is 3.64. The van der Waals surface area contributed by atoms with E-state index >= 15 is 0 Å². The predicted molar refractivity (Wildman–Crippen MR) is 46.4 cm³/mol. The van der Waals surface area contributed by atoms with Gasteiger partial charge in [0.2, 0.25) is 0 Å². The summed E-state index contributed by atoms with van der Waals surface area (Å²) in [7, 11) is 0. The van der Waals surface area contributed by atoms with Crippen LogP contribution in [0.5, 0.6) is 0 Å². The summed E-state index contributed by atoms with van der Waals surface area (Å²) in [4.78, 5) is 0. The van der Waals surface area contributed by atoms with Crippen LogP contribution in [-0.2, 0) is 4.74 Å². The molecule has 0 aromatic heterocycles. The van der Waals surface area contributed by atoms with Crippen LogP contribution in [0, 0.1) is 5.41 Å². The average Bonchev–Trinajstić information content (AvgIpc) is 1.82. The third-order valence-corrected chi connectivity index (χ3v) is 2.35. The zero-order chi connectivity index (χ0) is 8.32. The van der Waals surface area contributed by atoms with E-state index in [4.69, 9.17) is 10.5 Å². The summed E-state index contributed by atoms with van der Waals surface area (Å²) in [5.74, 6) is 0. The molecule has 1 unspecified atom stereocenters. The molecule has 1 rings (SSSR count). The van der Waals surface area contributed by atoms with E-state index in [1.807, 2.05) is 0 Å². The van der Waals surface area contributed by atoms with Gasteiger partial charge in [-0.05, 0) is 19.8 Å². The second kappa shape index (κ2) is 3.55. The molecule has 1 aliphatic rings. The summed E-state index contributed by atoms with van der Waals surface area (Å²) < 4.78 is 5.24. The van der Waals surface area contributed by atoms with E-state index in [2.05, 4.69) is 13.8 Å². The first kappa shape index (κ1) is 9.01. The molecular weight excluding hydrogens is 138 g/mol. The summed E-state index contributed by atoms with van der Waals surface area (Å²) in [5.41, 5.74) is 6.21. The van der Waals surface area contributed by atoms with Gasteiger partial charge < -0.3 is 10.5 Å². The Bertz CT molecular complexity index is 119. The second-order valence-electron chi connectivity index (χ2n) is 3.92. The molecule has 2 nitrogen and oxygen atoms in total. The Morgan fingerprint density at radius 2 is 2.18 bits per heavy atom. The van der Waals surface area contributed by atoms with Crippen molar-refractivity contribution in [3.05, 3.63) is 0 Å². The predicted octanol–water partition coefficient (Wildman–Crippen LogP) is 1.54. The summed E-state index contributed by atoms with van der Waals surface area (Å²) in [6, 6.07) is 0.324. The monoisotopic (exact) mass is 157 g/mol. The number of hydrogen-bond donors (Lipinski definition) is 1. The van der Waals surface area contributed by atoms with E-state index in [0.717, 1.165) is 19.6 Å². The fourth-order valence-electron chi connectivity index (χ4n) is 1.97.